The first-order valence-corrected chi connectivity index (χ1v) is 11.6. The lowest BCUT2D eigenvalue weighted by molar-refractivity contribution is 0.0939. The number of rotatable bonds is 10. The smallest absolute Gasteiger partial charge is 0.251 e. The van der Waals surface area contributed by atoms with Gasteiger partial charge in [0.25, 0.3) is 5.91 Å². The number of hydrogen-bond donors (Lipinski definition) is 3. The standard InChI is InChI=1S/C26H34N6O/c1-4-20(3)31-25(33)23-9-6-8-22(18-23)19-29-26(27-5-2)28-16-14-21-10-12-24(13-11-21)32-17-7-15-30-32/h6-13,15,17-18,20H,4-5,14,16,19H2,1-3H3,(H,31,33)(H2,27,28,29). The van der Waals surface area contributed by atoms with Gasteiger partial charge < -0.3 is 16.0 Å². The van der Waals surface area contributed by atoms with Gasteiger partial charge in [0.2, 0.25) is 0 Å². The van der Waals surface area contributed by atoms with E-state index >= 15 is 0 Å². The topological polar surface area (TPSA) is 83.3 Å². The van der Waals surface area contributed by atoms with Crippen LogP contribution in [0, 0.1) is 0 Å². The third-order valence-electron chi connectivity index (χ3n) is 5.35. The normalized spacial score (nSPS) is 12.3. The Kier molecular flexibility index (Phi) is 9.06. The van der Waals surface area contributed by atoms with Crippen molar-refractivity contribution in [1.29, 1.82) is 0 Å². The minimum atomic E-state index is -0.0428. The van der Waals surface area contributed by atoms with Crippen molar-refractivity contribution in [3.8, 4) is 5.69 Å². The fraction of sp³-hybridized carbons (Fsp3) is 0.346. The summed E-state index contributed by atoms with van der Waals surface area (Å²) in [7, 11) is 0. The molecule has 0 bridgehead atoms. The third-order valence-corrected chi connectivity index (χ3v) is 5.35. The molecule has 1 amide bonds. The second-order valence-corrected chi connectivity index (χ2v) is 7.97. The number of guanidine groups is 1. The summed E-state index contributed by atoms with van der Waals surface area (Å²) in [5, 5.41) is 13.9. The Balaban J connectivity index is 1.54. The molecule has 3 rings (SSSR count). The molecule has 0 spiro atoms. The molecule has 0 aliphatic heterocycles. The van der Waals surface area contributed by atoms with Crippen LogP contribution in [0.1, 0.15) is 48.7 Å². The minimum absolute atomic E-state index is 0.0428. The summed E-state index contributed by atoms with van der Waals surface area (Å²) in [6.07, 6.45) is 5.50. The molecule has 0 saturated carbocycles. The number of aliphatic imine (C=N–C) groups is 1. The van der Waals surface area contributed by atoms with E-state index in [-0.39, 0.29) is 11.9 Å². The predicted octanol–water partition coefficient (Wildman–Crippen LogP) is 3.70. The van der Waals surface area contributed by atoms with Crippen LogP contribution in [0.25, 0.3) is 5.69 Å². The van der Waals surface area contributed by atoms with E-state index in [0.717, 1.165) is 43.1 Å². The second kappa shape index (κ2) is 12.4. The fourth-order valence-electron chi connectivity index (χ4n) is 3.29. The van der Waals surface area contributed by atoms with Gasteiger partial charge in [0.05, 0.1) is 12.2 Å². The first-order chi connectivity index (χ1) is 16.1. The maximum Gasteiger partial charge on any atom is 0.251 e. The van der Waals surface area contributed by atoms with E-state index in [1.165, 1.54) is 5.56 Å². The average molecular weight is 447 g/mol. The van der Waals surface area contributed by atoms with E-state index in [1.807, 2.05) is 55.1 Å². The van der Waals surface area contributed by atoms with Crippen LogP contribution < -0.4 is 16.0 Å². The van der Waals surface area contributed by atoms with Crippen molar-refractivity contribution >= 4 is 11.9 Å². The van der Waals surface area contributed by atoms with Crippen molar-refractivity contribution in [2.24, 2.45) is 4.99 Å². The van der Waals surface area contributed by atoms with Gasteiger partial charge in [0.1, 0.15) is 0 Å². The number of carbonyl (C=O) groups is 1. The molecule has 33 heavy (non-hydrogen) atoms. The van der Waals surface area contributed by atoms with Gasteiger partial charge in [-0.2, -0.15) is 5.10 Å². The number of carbonyl (C=O) groups excluding carboxylic acids is 1. The predicted molar refractivity (Wildman–Crippen MR) is 134 cm³/mol. The summed E-state index contributed by atoms with van der Waals surface area (Å²) < 4.78 is 1.85. The molecule has 1 unspecified atom stereocenters. The first kappa shape index (κ1) is 24.0. The Morgan fingerprint density at radius 2 is 1.88 bits per heavy atom. The number of nitrogens with one attached hydrogen (secondary N) is 3. The van der Waals surface area contributed by atoms with Gasteiger partial charge in [-0.1, -0.05) is 31.2 Å². The fourth-order valence-corrected chi connectivity index (χ4v) is 3.29. The summed E-state index contributed by atoms with van der Waals surface area (Å²) >= 11 is 0. The van der Waals surface area contributed by atoms with Gasteiger partial charge in [-0.15, -0.1) is 0 Å². The second-order valence-electron chi connectivity index (χ2n) is 7.97. The van der Waals surface area contributed by atoms with Crippen molar-refractivity contribution < 1.29 is 4.79 Å². The molecule has 0 saturated heterocycles. The molecule has 3 aromatic rings. The Morgan fingerprint density at radius 3 is 2.58 bits per heavy atom. The minimum Gasteiger partial charge on any atom is -0.357 e. The average Bonchev–Trinajstić information content (AvgIpc) is 3.38. The van der Waals surface area contributed by atoms with Gasteiger partial charge >= 0.3 is 0 Å². The van der Waals surface area contributed by atoms with E-state index in [4.69, 9.17) is 4.99 Å². The van der Waals surface area contributed by atoms with Crippen LogP contribution in [-0.2, 0) is 13.0 Å². The molecule has 7 nitrogen and oxygen atoms in total. The number of benzene rings is 2. The summed E-state index contributed by atoms with van der Waals surface area (Å²) in [5.41, 5.74) is 3.96. The lowest BCUT2D eigenvalue weighted by Gasteiger charge is -2.13. The Bertz CT molecular complexity index is 1030. The highest BCUT2D eigenvalue weighted by molar-refractivity contribution is 5.94. The largest absolute Gasteiger partial charge is 0.357 e. The number of aromatic nitrogens is 2. The van der Waals surface area contributed by atoms with Gasteiger partial charge in [0, 0.05) is 37.1 Å². The lowest BCUT2D eigenvalue weighted by atomic mass is 10.1. The summed E-state index contributed by atoms with van der Waals surface area (Å²) in [6, 6.07) is 18.1. The highest BCUT2D eigenvalue weighted by Crippen LogP contribution is 2.09. The molecule has 2 aromatic carbocycles. The molecular weight excluding hydrogens is 412 g/mol. The highest BCUT2D eigenvalue weighted by Gasteiger charge is 2.09. The third kappa shape index (κ3) is 7.49. The van der Waals surface area contributed by atoms with Crippen LogP contribution in [0.3, 0.4) is 0 Å². The van der Waals surface area contributed by atoms with E-state index in [1.54, 1.807) is 6.20 Å². The molecule has 0 fully saturated rings. The van der Waals surface area contributed by atoms with Gasteiger partial charge in [-0.05, 0) is 68.1 Å². The van der Waals surface area contributed by atoms with Crippen LogP contribution in [-0.4, -0.2) is 40.8 Å². The summed E-state index contributed by atoms with van der Waals surface area (Å²) in [6.45, 7) is 8.16. The Hall–Kier alpha value is -3.61. The number of hydrogen-bond acceptors (Lipinski definition) is 3. The quantitative estimate of drug-likeness (QED) is 0.328. The van der Waals surface area contributed by atoms with Gasteiger partial charge in [0.15, 0.2) is 5.96 Å². The summed E-state index contributed by atoms with van der Waals surface area (Å²) in [4.78, 5) is 17.1. The number of nitrogens with zero attached hydrogens (tertiary/aromatic N) is 3. The van der Waals surface area contributed by atoms with Gasteiger partial charge in [-0.3, -0.25) is 4.79 Å². The first-order valence-electron chi connectivity index (χ1n) is 11.6. The zero-order valence-electron chi connectivity index (χ0n) is 19.7. The van der Waals surface area contributed by atoms with Crippen molar-refractivity contribution in [3.63, 3.8) is 0 Å². The summed E-state index contributed by atoms with van der Waals surface area (Å²) in [5.74, 6) is 0.721. The van der Waals surface area contributed by atoms with Crippen molar-refractivity contribution in [2.45, 2.75) is 46.2 Å². The molecule has 174 valence electrons. The molecular formula is C26H34N6O. The molecule has 1 aromatic heterocycles. The highest BCUT2D eigenvalue weighted by atomic mass is 16.1. The van der Waals surface area contributed by atoms with Crippen molar-refractivity contribution in [1.82, 2.24) is 25.7 Å². The van der Waals surface area contributed by atoms with Crippen LogP contribution in [0.5, 0.6) is 0 Å². The molecule has 1 heterocycles. The maximum absolute atomic E-state index is 12.4. The molecule has 7 heteroatoms. The van der Waals surface area contributed by atoms with E-state index in [2.05, 4.69) is 52.2 Å². The van der Waals surface area contributed by atoms with Crippen LogP contribution in [0.15, 0.2) is 72.0 Å². The van der Waals surface area contributed by atoms with Crippen LogP contribution in [0.4, 0.5) is 0 Å². The Morgan fingerprint density at radius 1 is 1.06 bits per heavy atom. The molecule has 0 radical (unpaired) electrons. The van der Waals surface area contributed by atoms with Crippen molar-refractivity contribution in [3.05, 3.63) is 83.7 Å². The van der Waals surface area contributed by atoms with Crippen LogP contribution >= 0.6 is 0 Å². The molecule has 1 atom stereocenters. The van der Waals surface area contributed by atoms with Gasteiger partial charge in [-0.25, -0.2) is 9.67 Å². The lowest BCUT2D eigenvalue weighted by Crippen LogP contribution is -2.38. The van der Waals surface area contributed by atoms with Crippen molar-refractivity contribution in [2.75, 3.05) is 13.1 Å². The zero-order chi connectivity index (χ0) is 23.5. The molecule has 0 aliphatic rings. The zero-order valence-corrected chi connectivity index (χ0v) is 19.7. The number of amides is 1. The molecule has 0 aliphatic carbocycles. The molecule has 3 N–H and O–H groups in total. The van der Waals surface area contributed by atoms with E-state index in [9.17, 15) is 4.79 Å². The maximum atomic E-state index is 12.4. The van der Waals surface area contributed by atoms with E-state index in [0.29, 0.717) is 12.1 Å². The van der Waals surface area contributed by atoms with E-state index < -0.39 is 0 Å². The monoisotopic (exact) mass is 446 g/mol. The Labute approximate surface area is 196 Å². The van der Waals surface area contributed by atoms with Crippen LogP contribution in [0.2, 0.25) is 0 Å². The SMILES string of the molecule is CCNC(=NCc1cccc(C(=O)NC(C)CC)c1)NCCc1ccc(-n2cccn2)cc1.